The molecule has 2 heterocycles. The highest BCUT2D eigenvalue weighted by Crippen LogP contribution is 2.30. The van der Waals surface area contributed by atoms with Crippen LogP contribution in [0.5, 0.6) is 0 Å². The molecule has 0 fully saturated rings. The van der Waals surface area contributed by atoms with E-state index >= 15 is 0 Å². The Bertz CT molecular complexity index is 1060. The smallest absolute Gasteiger partial charge is 0.269 e. The normalized spacial score (nSPS) is 12.2. The van der Waals surface area contributed by atoms with Crippen LogP contribution in [0.1, 0.15) is 27.0 Å². The second kappa shape index (κ2) is 7.05. The summed E-state index contributed by atoms with van der Waals surface area (Å²) >= 11 is 5.06. The van der Waals surface area contributed by atoms with Crippen molar-refractivity contribution in [2.45, 2.75) is 6.04 Å². The van der Waals surface area contributed by atoms with E-state index in [2.05, 4.69) is 26.2 Å². The minimum atomic E-state index is -0.346. The Kier molecular flexibility index (Phi) is 4.61. The molecule has 0 aliphatic heterocycles. The number of hydrogen-bond acceptors (Lipinski definition) is 2. The molecule has 0 saturated heterocycles. The summed E-state index contributed by atoms with van der Waals surface area (Å²) in [6, 6.07) is 17.5. The van der Waals surface area contributed by atoms with Gasteiger partial charge in [-0.15, -0.1) is 11.3 Å². The zero-order valence-electron chi connectivity index (χ0n) is 13.5. The van der Waals surface area contributed by atoms with Gasteiger partial charge in [-0.3, -0.25) is 4.79 Å². The molecule has 0 aliphatic carbocycles. The van der Waals surface area contributed by atoms with Crippen molar-refractivity contribution < 1.29 is 9.18 Å². The van der Waals surface area contributed by atoms with E-state index in [-0.39, 0.29) is 17.8 Å². The van der Waals surface area contributed by atoms with Crippen LogP contribution < -0.4 is 5.32 Å². The van der Waals surface area contributed by atoms with Crippen molar-refractivity contribution in [1.29, 1.82) is 0 Å². The number of amides is 1. The van der Waals surface area contributed by atoms with E-state index in [0.29, 0.717) is 5.69 Å². The molecular weight excluding hydrogens is 415 g/mol. The number of carbonyl (C=O) groups is 1. The van der Waals surface area contributed by atoms with E-state index < -0.39 is 0 Å². The molecule has 2 N–H and O–H groups in total. The van der Waals surface area contributed by atoms with Gasteiger partial charge in [-0.1, -0.05) is 36.4 Å². The van der Waals surface area contributed by atoms with Gasteiger partial charge in [0.2, 0.25) is 0 Å². The maximum Gasteiger partial charge on any atom is 0.269 e. The molecule has 0 bridgehead atoms. The maximum atomic E-state index is 13.3. The number of nitrogens with one attached hydrogen (secondary N) is 2. The van der Waals surface area contributed by atoms with E-state index in [9.17, 15) is 9.18 Å². The molecule has 6 heteroatoms. The summed E-state index contributed by atoms with van der Waals surface area (Å²) in [4.78, 5) is 17.1. The van der Waals surface area contributed by atoms with E-state index in [0.717, 1.165) is 25.8 Å². The van der Waals surface area contributed by atoms with Gasteiger partial charge in [0.25, 0.3) is 5.91 Å². The molecule has 26 heavy (non-hydrogen) atoms. The molecule has 130 valence electrons. The molecule has 4 rings (SSSR count). The highest BCUT2D eigenvalue weighted by atomic mass is 79.9. The van der Waals surface area contributed by atoms with Gasteiger partial charge in [-0.2, -0.15) is 0 Å². The van der Waals surface area contributed by atoms with Crippen molar-refractivity contribution in [3.8, 4) is 0 Å². The molecule has 2 aromatic heterocycles. The van der Waals surface area contributed by atoms with Crippen molar-refractivity contribution in [2.24, 2.45) is 0 Å². The number of aromatic nitrogens is 1. The van der Waals surface area contributed by atoms with Crippen LogP contribution >= 0.6 is 27.3 Å². The van der Waals surface area contributed by atoms with Gasteiger partial charge in [-0.25, -0.2) is 4.39 Å². The number of H-pyrrole nitrogens is 1. The topological polar surface area (TPSA) is 44.9 Å². The monoisotopic (exact) mass is 428 g/mol. The molecule has 2 aromatic carbocycles. The lowest BCUT2D eigenvalue weighted by Gasteiger charge is -2.18. The van der Waals surface area contributed by atoms with Gasteiger partial charge >= 0.3 is 0 Å². The largest absolute Gasteiger partial charge is 0.350 e. The van der Waals surface area contributed by atoms with Crippen molar-refractivity contribution in [3.05, 3.63) is 92.5 Å². The summed E-state index contributed by atoms with van der Waals surface area (Å²) < 4.78 is 14.0. The van der Waals surface area contributed by atoms with Crippen LogP contribution in [0.15, 0.2) is 70.5 Å². The van der Waals surface area contributed by atoms with Gasteiger partial charge in [0.05, 0.1) is 10.5 Å². The third-order valence-electron chi connectivity index (χ3n) is 4.18. The number of carbonyl (C=O) groups excluding carboxylic acids is 1. The van der Waals surface area contributed by atoms with Gasteiger partial charge in [0.1, 0.15) is 11.5 Å². The highest BCUT2D eigenvalue weighted by Gasteiger charge is 2.22. The fourth-order valence-corrected chi connectivity index (χ4v) is 4.32. The van der Waals surface area contributed by atoms with Crippen molar-refractivity contribution in [3.63, 3.8) is 0 Å². The molecular formula is C20H14BrFN2OS. The van der Waals surface area contributed by atoms with Crippen molar-refractivity contribution >= 4 is 44.1 Å². The Balaban J connectivity index is 1.70. The van der Waals surface area contributed by atoms with Crippen LogP contribution in [-0.2, 0) is 0 Å². The van der Waals surface area contributed by atoms with Crippen LogP contribution in [0.3, 0.4) is 0 Å². The van der Waals surface area contributed by atoms with E-state index in [1.54, 1.807) is 23.5 Å². The van der Waals surface area contributed by atoms with Crippen LogP contribution in [0.2, 0.25) is 0 Å². The summed E-state index contributed by atoms with van der Waals surface area (Å²) in [7, 11) is 0. The molecule has 3 nitrogen and oxygen atoms in total. The molecule has 4 aromatic rings. The first-order valence-corrected chi connectivity index (χ1v) is 9.66. The fraction of sp³-hybridized carbons (Fsp3) is 0.0500. The van der Waals surface area contributed by atoms with Gasteiger partial charge in [-0.05, 0) is 51.1 Å². The third-order valence-corrected chi connectivity index (χ3v) is 5.94. The van der Waals surface area contributed by atoms with Gasteiger partial charge in [0.15, 0.2) is 0 Å². The van der Waals surface area contributed by atoms with Gasteiger partial charge < -0.3 is 10.3 Å². The number of para-hydroxylation sites is 1. The summed E-state index contributed by atoms with van der Waals surface area (Å²) in [6.07, 6.45) is 0. The van der Waals surface area contributed by atoms with Crippen LogP contribution in [0.4, 0.5) is 4.39 Å². The number of hydrogen-bond donors (Lipinski definition) is 2. The second-order valence-electron chi connectivity index (χ2n) is 5.83. The Morgan fingerprint density at radius 2 is 1.85 bits per heavy atom. The second-order valence-corrected chi connectivity index (χ2v) is 7.61. The summed E-state index contributed by atoms with van der Waals surface area (Å²) in [6.45, 7) is 0. The standard InChI is InChI=1S/C20H14BrFN2OS/c21-17-14-4-1-2-5-15(14)23-19(17)20(25)24-18(16-6-3-11-26-16)12-7-9-13(22)10-8-12/h1-11,18,23H,(H,24,25)/t18-/m1/s1. The van der Waals surface area contributed by atoms with E-state index in [4.69, 9.17) is 0 Å². The number of fused-ring (bicyclic) bond motifs is 1. The SMILES string of the molecule is O=C(N[C@H](c1ccc(F)cc1)c1cccs1)c1[nH]c2ccccc2c1Br. The Labute approximate surface area is 162 Å². The Morgan fingerprint density at radius 1 is 1.08 bits per heavy atom. The first-order chi connectivity index (χ1) is 12.6. The van der Waals surface area contributed by atoms with Crippen LogP contribution in [0, 0.1) is 5.82 Å². The first-order valence-electron chi connectivity index (χ1n) is 7.99. The quantitative estimate of drug-likeness (QED) is 0.433. The zero-order valence-corrected chi connectivity index (χ0v) is 15.9. The Hall–Kier alpha value is -2.44. The summed E-state index contributed by atoms with van der Waals surface area (Å²) in [5.41, 5.74) is 2.18. The molecule has 0 unspecified atom stereocenters. The minimum Gasteiger partial charge on any atom is -0.350 e. The first kappa shape index (κ1) is 17.0. The number of benzene rings is 2. The number of thiophene rings is 1. The van der Waals surface area contributed by atoms with E-state index in [1.807, 2.05) is 41.8 Å². The highest BCUT2D eigenvalue weighted by molar-refractivity contribution is 9.10. The van der Waals surface area contributed by atoms with Crippen LogP contribution in [0.25, 0.3) is 10.9 Å². The maximum absolute atomic E-state index is 13.3. The van der Waals surface area contributed by atoms with Crippen molar-refractivity contribution in [1.82, 2.24) is 10.3 Å². The minimum absolute atomic E-state index is 0.226. The lowest BCUT2D eigenvalue weighted by atomic mass is 10.1. The van der Waals surface area contributed by atoms with E-state index in [1.165, 1.54) is 12.1 Å². The number of aromatic amines is 1. The number of rotatable bonds is 4. The summed E-state index contributed by atoms with van der Waals surface area (Å²) in [5.74, 6) is -0.529. The molecule has 0 aliphatic rings. The lowest BCUT2D eigenvalue weighted by Crippen LogP contribution is -2.29. The Morgan fingerprint density at radius 3 is 2.54 bits per heavy atom. The average Bonchev–Trinajstić information content (AvgIpc) is 3.29. The summed E-state index contributed by atoms with van der Waals surface area (Å²) in [5, 5.41) is 5.97. The molecule has 0 radical (unpaired) electrons. The lowest BCUT2D eigenvalue weighted by molar-refractivity contribution is 0.0938. The predicted molar refractivity (Wildman–Crippen MR) is 106 cm³/mol. The predicted octanol–water partition coefficient (Wildman–Crippen LogP) is 5.65. The van der Waals surface area contributed by atoms with Gasteiger partial charge in [0, 0.05) is 15.8 Å². The zero-order chi connectivity index (χ0) is 18.1. The average molecular weight is 429 g/mol. The number of halogens is 2. The molecule has 1 amide bonds. The molecule has 0 spiro atoms. The third kappa shape index (κ3) is 3.18. The van der Waals surface area contributed by atoms with Crippen LogP contribution in [-0.4, -0.2) is 10.9 Å². The molecule has 1 atom stereocenters. The fourth-order valence-electron chi connectivity index (χ4n) is 2.90. The molecule has 0 saturated carbocycles. The van der Waals surface area contributed by atoms with Crippen molar-refractivity contribution in [2.75, 3.05) is 0 Å².